The van der Waals surface area contributed by atoms with Crippen molar-refractivity contribution in [1.82, 2.24) is 0 Å². The van der Waals surface area contributed by atoms with Crippen LogP contribution < -0.4 is 15.0 Å². The van der Waals surface area contributed by atoms with Crippen LogP contribution in [0.15, 0.2) is 89.4 Å². The lowest BCUT2D eigenvalue weighted by atomic mass is 10.1. The Hall–Kier alpha value is -3.68. The lowest BCUT2D eigenvalue weighted by Gasteiger charge is -2.23. The number of halogens is 1. The van der Waals surface area contributed by atoms with Crippen molar-refractivity contribution >= 4 is 49.9 Å². The SMILES string of the molecule is CCN(C(=O)c1ccc(NC(=O)c2cc(Br)ccc2OCCOC)cc1)c1cccc2ccccc12. The van der Waals surface area contributed by atoms with Gasteiger partial charge in [0.2, 0.25) is 0 Å². The summed E-state index contributed by atoms with van der Waals surface area (Å²) in [5.41, 5.74) is 2.38. The molecule has 0 aliphatic heterocycles. The average molecular weight is 547 g/mol. The van der Waals surface area contributed by atoms with Crippen molar-refractivity contribution in [3.63, 3.8) is 0 Å². The molecule has 0 aromatic heterocycles. The van der Waals surface area contributed by atoms with Gasteiger partial charge in [0.15, 0.2) is 0 Å². The van der Waals surface area contributed by atoms with Crippen molar-refractivity contribution in [2.75, 3.05) is 37.1 Å². The third kappa shape index (κ3) is 5.75. The molecule has 0 fully saturated rings. The molecule has 0 saturated carbocycles. The van der Waals surface area contributed by atoms with Crippen molar-refractivity contribution in [1.29, 1.82) is 0 Å². The van der Waals surface area contributed by atoms with Crippen LogP contribution >= 0.6 is 15.9 Å². The first kappa shape index (κ1) is 25.4. The smallest absolute Gasteiger partial charge is 0.259 e. The van der Waals surface area contributed by atoms with Crippen LogP contribution in [0.3, 0.4) is 0 Å². The van der Waals surface area contributed by atoms with Crippen LogP contribution in [0.4, 0.5) is 11.4 Å². The van der Waals surface area contributed by atoms with E-state index in [0.717, 1.165) is 20.9 Å². The number of rotatable bonds is 9. The summed E-state index contributed by atoms with van der Waals surface area (Å²) in [7, 11) is 1.59. The van der Waals surface area contributed by atoms with E-state index in [0.29, 0.717) is 42.3 Å². The van der Waals surface area contributed by atoms with Gasteiger partial charge in [-0.2, -0.15) is 0 Å². The van der Waals surface area contributed by atoms with Crippen LogP contribution in [-0.2, 0) is 4.74 Å². The number of anilines is 2. The standard InChI is InChI=1S/C29H27BrN2O4/c1-3-32(26-10-6-8-20-7-4-5-9-24(20)26)29(34)21-11-14-23(15-12-21)31-28(33)25-19-22(30)13-16-27(25)36-18-17-35-2/h4-16,19H,3,17-18H2,1-2H3,(H,31,33). The molecule has 2 amide bonds. The molecular formula is C29H27BrN2O4. The molecule has 0 radical (unpaired) electrons. The Labute approximate surface area is 219 Å². The number of benzene rings is 4. The van der Waals surface area contributed by atoms with Gasteiger partial charge < -0.3 is 19.7 Å². The summed E-state index contributed by atoms with van der Waals surface area (Å²) in [5, 5.41) is 4.99. The number of hydrogen-bond donors (Lipinski definition) is 1. The van der Waals surface area contributed by atoms with Crippen LogP contribution in [0, 0.1) is 0 Å². The second-order valence-electron chi connectivity index (χ2n) is 8.06. The largest absolute Gasteiger partial charge is 0.490 e. The maximum Gasteiger partial charge on any atom is 0.259 e. The summed E-state index contributed by atoms with van der Waals surface area (Å²) in [6.07, 6.45) is 0. The molecule has 0 unspecified atom stereocenters. The van der Waals surface area contributed by atoms with Gasteiger partial charge in [-0.05, 0) is 60.8 Å². The molecule has 6 nitrogen and oxygen atoms in total. The number of fused-ring (bicyclic) bond motifs is 1. The summed E-state index contributed by atoms with van der Waals surface area (Å²) in [6, 6.07) is 26.1. The normalized spacial score (nSPS) is 10.8. The Kier molecular flexibility index (Phi) is 8.36. The molecule has 36 heavy (non-hydrogen) atoms. The van der Waals surface area contributed by atoms with E-state index >= 15 is 0 Å². The second-order valence-corrected chi connectivity index (χ2v) is 8.98. The zero-order chi connectivity index (χ0) is 25.5. The number of ether oxygens (including phenoxy) is 2. The molecule has 0 aliphatic rings. The zero-order valence-corrected chi connectivity index (χ0v) is 21.7. The molecule has 4 rings (SSSR count). The summed E-state index contributed by atoms with van der Waals surface area (Å²) in [6.45, 7) is 3.23. The Morgan fingerprint density at radius 1 is 0.917 bits per heavy atom. The number of amides is 2. The molecule has 0 spiro atoms. The van der Waals surface area contributed by atoms with E-state index in [1.165, 1.54) is 0 Å². The fraction of sp³-hybridized carbons (Fsp3) is 0.172. The Balaban J connectivity index is 1.51. The van der Waals surface area contributed by atoms with Crippen LogP contribution in [0.5, 0.6) is 5.75 Å². The van der Waals surface area contributed by atoms with Gasteiger partial charge in [-0.15, -0.1) is 0 Å². The molecule has 4 aromatic carbocycles. The van der Waals surface area contributed by atoms with E-state index in [4.69, 9.17) is 9.47 Å². The van der Waals surface area contributed by atoms with Crippen molar-refractivity contribution in [3.05, 3.63) is 101 Å². The van der Waals surface area contributed by atoms with E-state index in [9.17, 15) is 9.59 Å². The van der Waals surface area contributed by atoms with E-state index < -0.39 is 0 Å². The molecule has 0 aliphatic carbocycles. The number of hydrogen-bond acceptors (Lipinski definition) is 4. The minimum atomic E-state index is -0.311. The summed E-state index contributed by atoms with van der Waals surface area (Å²) < 4.78 is 11.5. The quantitative estimate of drug-likeness (QED) is 0.242. The van der Waals surface area contributed by atoms with Gasteiger partial charge in [0.05, 0.1) is 17.9 Å². The minimum Gasteiger partial charge on any atom is -0.490 e. The molecule has 7 heteroatoms. The van der Waals surface area contributed by atoms with Crippen molar-refractivity contribution in [2.45, 2.75) is 6.92 Å². The van der Waals surface area contributed by atoms with Gasteiger partial charge >= 0.3 is 0 Å². The molecule has 0 bridgehead atoms. The zero-order valence-electron chi connectivity index (χ0n) is 20.2. The predicted octanol–water partition coefficient (Wildman–Crippen LogP) is 6.55. The molecular weight excluding hydrogens is 520 g/mol. The van der Waals surface area contributed by atoms with Gasteiger partial charge in [-0.25, -0.2) is 0 Å². The van der Waals surface area contributed by atoms with E-state index in [1.807, 2.05) is 55.5 Å². The van der Waals surface area contributed by atoms with Crippen LogP contribution in [0.2, 0.25) is 0 Å². The lowest BCUT2D eigenvalue weighted by molar-refractivity contribution is 0.0987. The minimum absolute atomic E-state index is 0.104. The maximum atomic E-state index is 13.4. The monoisotopic (exact) mass is 546 g/mol. The third-order valence-corrected chi connectivity index (χ3v) is 6.23. The molecule has 1 N–H and O–H groups in total. The Bertz CT molecular complexity index is 1370. The van der Waals surface area contributed by atoms with Gasteiger partial charge in [0.25, 0.3) is 11.8 Å². The molecule has 0 atom stereocenters. The fourth-order valence-corrected chi connectivity index (χ4v) is 4.32. The van der Waals surface area contributed by atoms with Gasteiger partial charge in [-0.1, -0.05) is 52.3 Å². The number of carbonyl (C=O) groups is 2. The molecule has 0 saturated heterocycles. The number of nitrogens with one attached hydrogen (secondary N) is 1. The number of methoxy groups -OCH3 is 1. The molecule has 184 valence electrons. The topological polar surface area (TPSA) is 67.9 Å². The van der Waals surface area contributed by atoms with Crippen LogP contribution in [0.25, 0.3) is 10.8 Å². The summed E-state index contributed by atoms with van der Waals surface area (Å²) in [5.74, 6) is 0.0505. The van der Waals surface area contributed by atoms with E-state index in [-0.39, 0.29) is 11.8 Å². The summed E-state index contributed by atoms with van der Waals surface area (Å²) >= 11 is 3.41. The molecule has 4 aromatic rings. The first-order valence-corrected chi connectivity index (χ1v) is 12.4. The van der Waals surface area contributed by atoms with Gasteiger partial charge in [0.1, 0.15) is 12.4 Å². The Morgan fingerprint density at radius 2 is 1.67 bits per heavy atom. The highest BCUT2D eigenvalue weighted by Gasteiger charge is 2.19. The predicted molar refractivity (Wildman–Crippen MR) is 147 cm³/mol. The fourth-order valence-electron chi connectivity index (χ4n) is 3.96. The highest BCUT2D eigenvalue weighted by Crippen LogP contribution is 2.28. The van der Waals surface area contributed by atoms with Crippen molar-refractivity contribution < 1.29 is 19.1 Å². The van der Waals surface area contributed by atoms with E-state index in [1.54, 1.807) is 48.4 Å². The van der Waals surface area contributed by atoms with Crippen molar-refractivity contribution in [2.24, 2.45) is 0 Å². The third-order valence-electron chi connectivity index (χ3n) is 5.74. The first-order valence-electron chi connectivity index (χ1n) is 11.6. The number of carbonyl (C=O) groups excluding carboxylic acids is 2. The van der Waals surface area contributed by atoms with Gasteiger partial charge in [-0.3, -0.25) is 9.59 Å². The lowest BCUT2D eigenvalue weighted by Crippen LogP contribution is -2.30. The van der Waals surface area contributed by atoms with Gasteiger partial charge in [0, 0.05) is 34.8 Å². The van der Waals surface area contributed by atoms with E-state index in [2.05, 4.69) is 21.2 Å². The molecule has 0 heterocycles. The highest BCUT2D eigenvalue weighted by molar-refractivity contribution is 9.10. The Morgan fingerprint density at radius 3 is 2.42 bits per heavy atom. The summed E-state index contributed by atoms with van der Waals surface area (Å²) in [4.78, 5) is 28.1. The maximum absolute atomic E-state index is 13.4. The van der Waals surface area contributed by atoms with Crippen molar-refractivity contribution in [3.8, 4) is 5.75 Å². The van der Waals surface area contributed by atoms with Crippen LogP contribution in [0.1, 0.15) is 27.6 Å². The highest BCUT2D eigenvalue weighted by atomic mass is 79.9. The number of nitrogens with zero attached hydrogens (tertiary/aromatic N) is 1. The first-order chi connectivity index (χ1) is 17.5. The average Bonchev–Trinajstić information content (AvgIpc) is 2.90. The second kappa shape index (κ2) is 11.8. The van der Waals surface area contributed by atoms with Crippen LogP contribution in [-0.4, -0.2) is 38.7 Å².